The zero-order valence-electron chi connectivity index (χ0n) is 11.3. The van der Waals surface area contributed by atoms with Gasteiger partial charge in [0.15, 0.2) is 0 Å². The monoisotopic (exact) mass is 280 g/mol. The van der Waals surface area contributed by atoms with Crippen molar-refractivity contribution in [3.63, 3.8) is 0 Å². The third-order valence-electron chi connectivity index (χ3n) is 2.65. The van der Waals surface area contributed by atoms with Gasteiger partial charge in [-0.1, -0.05) is 20.3 Å². The van der Waals surface area contributed by atoms with Crippen molar-refractivity contribution in [2.45, 2.75) is 26.7 Å². The quantitative estimate of drug-likeness (QED) is 0.467. The number of anilines is 1. The van der Waals surface area contributed by atoms with Gasteiger partial charge in [0.2, 0.25) is 0 Å². The number of nitro groups is 2. The predicted octanol–water partition coefficient (Wildman–Crippen LogP) is 3.34. The second-order valence-electron chi connectivity index (χ2n) is 4.37. The zero-order chi connectivity index (χ0) is 15.1. The minimum absolute atomic E-state index is 0.126. The largest absolute Gasteiger partial charge is 0.301 e. The molecule has 1 rings (SSSR count). The standard InChI is InChI=1S/C12H16N4O4/c1-3-4-9(2)8-13-14-11-6-5-10(15(17)18)7-12(11)16(19)20/h5-9,14H,3-4H2,1-2H3/b13-8+. The molecule has 0 aliphatic heterocycles. The summed E-state index contributed by atoms with van der Waals surface area (Å²) in [6.07, 6.45) is 3.65. The van der Waals surface area contributed by atoms with Crippen LogP contribution in [0.15, 0.2) is 23.3 Å². The van der Waals surface area contributed by atoms with Crippen molar-refractivity contribution in [2.75, 3.05) is 5.43 Å². The summed E-state index contributed by atoms with van der Waals surface area (Å²) < 4.78 is 0. The van der Waals surface area contributed by atoms with Crippen LogP contribution < -0.4 is 5.43 Å². The molecule has 1 aromatic carbocycles. The number of hydrazone groups is 1. The van der Waals surface area contributed by atoms with Crippen molar-refractivity contribution in [1.82, 2.24) is 0 Å². The van der Waals surface area contributed by atoms with Gasteiger partial charge in [-0.25, -0.2) is 0 Å². The van der Waals surface area contributed by atoms with Crippen LogP contribution in [0.3, 0.4) is 0 Å². The van der Waals surface area contributed by atoms with Gasteiger partial charge in [-0.2, -0.15) is 5.10 Å². The molecule has 0 bridgehead atoms. The first-order chi connectivity index (χ1) is 9.45. The molecule has 0 fully saturated rings. The topological polar surface area (TPSA) is 111 Å². The number of nitro benzene ring substituents is 2. The van der Waals surface area contributed by atoms with Gasteiger partial charge in [0.25, 0.3) is 5.69 Å². The number of benzene rings is 1. The van der Waals surface area contributed by atoms with Crippen LogP contribution in [0.4, 0.5) is 17.1 Å². The Hall–Kier alpha value is -2.51. The van der Waals surface area contributed by atoms with Gasteiger partial charge in [0.1, 0.15) is 5.69 Å². The number of hydrogen-bond donors (Lipinski definition) is 1. The lowest BCUT2D eigenvalue weighted by molar-refractivity contribution is -0.393. The van der Waals surface area contributed by atoms with E-state index in [2.05, 4.69) is 17.5 Å². The molecule has 8 heteroatoms. The highest BCUT2D eigenvalue weighted by molar-refractivity contribution is 5.68. The Labute approximate surface area is 115 Å². The van der Waals surface area contributed by atoms with Crippen molar-refractivity contribution in [3.05, 3.63) is 38.4 Å². The molecule has 0 aliphatic rings. The molecule has 1 aromatic rings. The van der Waals surface area contributed by atoms with Crippen LogP contribution in [0.1, 0.15) is 26.7 Å². The van der Waals surface area contributed by atoms with Crippen molar-refractivity contribution in [1.29, 1.82) is 0 Å². The molecular formula is C12H16N4O4. The fraction of sp³-hybridized carbons (Fsp3) is 0.417. The minimum Gasteiger partial charge on any atom is -0.272 e. The number of non-ortho nitro benzene ring substituents is 1. The fourth-order valence-electron chi connectivity index (χ4n) is 1.64. The van der Waals surface area contributed by atoms with Gasteiger partial charge in [0, 0.05) is 12.3 Å². The Balaban J connectivity index is 2.89. The maximum atomic E-state index is 10.9. The van der Waals surface area contributed by atoms with E-state index < -0.39 is 9.85 Å². The molecule has 20 heavy (non-hydrogen) atoms. The predicted molar refractivity (Wildman–Crippen MR) is 75.9 cm³/mol. The van der Waals surface area contributed by atoms with Gasteiger partial charge in [-0.05, 0) is 18.4 Å². The Morgan fingerprint density at radius 1 is 1.35 bits per heavy atom. The van der Waals surface area contributed by atoms with Crippen molar-refractivity contribution < 1.29 is 9.85 Å². The minimum atomic E-state index is -0.680. The SMILES string of the molecule is CCCC(C)/C=N/Nc1ccc([N+](=O)[O-])cc1[N+](=O)[O-]. The number of hydrogen-bond acceptors (Lipinski definition) is 6. The molecule has 0 spiro atoms. The molecule has 0 aromatic heterocycles. The fourth-order valence-corrected chi connectivity index (χ4v) is 1.64. The summed E-state index contributed by atoms with van der Waals surface area (Å²) in [6, 6.07) is 3.38. The molecule has 0 amide bonds. The van der Waals surface area contributed by atoms with E-state index in [-0.39, 0.29) is 23.0 Å². The first-order valence-electron chi connectivity index (χ1n) is 6.17. The maximum absolute atomic E-state index is 10.9. The summed E-state index contributed by atoms with van der Waals surface area (Å²) >= 11 is 0. The third-order valence-corrected chi connectivity index (χ3v) is 2.65. The summed E-state index contributed by atoms with van der Waals surface area (Å²) in [5, 5.41) is 25.4. The van der Waals surface area contributed by atoms with E-state index >= 15 is 0 Å². The van der Waals surface area contributed by atoms with Crippen molar-refractivity contribution in [2.24, 2.45) is 11.0 Å². The lowest BCUT2D eigenvalue weighted by atomic mass is 10.1. The van der Waals surface area contributed by atoms with E-state index in [4.69, 9.17) is 0 Å². The number of nitrogens with one attached hydrogen (secondary N) is 1. The summed E-state index contributed by atoms with van der Waals surface area (Å²) in [5.41, 5.74) is 1.98. The molecule has 1 N–H and O–H groups in total. The number of rotatable bonds is 7. The van der Waals surface area contributed by atoms with Crippen LogP contribution in [0, 0.1) is 26.1 Å². The Bertz CT molecular complexity index is 530. The van der Waals surface area contributed by atoms with E-state index in [0.717, 1.165) is 18.9 Å². The molecule has 1 atom stereocenters. The smallest absolute Gasteiger partial charge is 0.272 e. The normalized spacial score (nSPS) is 12.3. The van der Waals surface area contributed by atoms with Gasteiger partial charge in [-0.15, -0.1) is 0 Å². The Morgan fingerprint density at radius 2 is 2.05 bits per heavy atom. The van der Waals surface area contributed by atoms with E-state index in [1.807, 2.05) is 6.92 Å². The van der Waals surface area contributed by atoms with Gasteiger partial charge < -0.3 is 0 Å². The highest BCUT2D eigenvalue weighted by Gasteiger charge is 2.19. The molecular weight excluding hydrogens is 264 g/mol. The van der Waals surface area contributed by atoms with Crippen molar-refractivity contribution >= 4 is 23.3 Å². The highest BCUT2D eigenvalue weighted by atomic mass is 16.6. The average Bonchev–Trinajstić information content (AvgIpc) is 2.38. The van der Waals surface area contributed by atoms with E-state index in [9.17, 15) is 20.2 Å². The first kappa shape index (κ1) is 15.5. The summed E-state index contributed by atoms with van der Waals surface area (Å²) in [4.78, 5) is 20.1. The van der Waals surface area contributed by atoms with Crippen molar-refractivity contribution in [3.8, 4) is 0 Å². The first-order valence-corrected chi connectivity index (χ1v) is 6.17. The van der Waals surface area contributed by atoms with Gasteiger partial charge >= 0.3 is 5.69 Å². The Kier molecular flexibility index (Phi) is 5.57. The van der Waals surface area contributed by atoms with E-state index in [1.54, 1.807) is 6.21 Å². The van der Waals surface area contributed by atoms with Gasteiger partial charge in [-0.3, -0.25) is 25.7 Å². The maximum Gasteiger partial charge on any atom is 0.301 e. The molecule has 0 saturated carbocycles. The molecule has 0 heterocycles. The van der Waals surface area contributed by atoms with E-state index in [1.165, 1.54) is 12.1 Å². The second-order valence-corrected chi connectivity index (χ2v) is 4.37. The number of nitrogens with zero attached hydrogens (tertiary/aromatic N) is 3. The lowest BCUT2D eigenvalue weighted by Crippen LogP contribution is -2.01. The summed E-state index contributed by atoms with van der Waals surface area (Å²) in [7, 11) is 0. The highest BCUT2D eigenvalue weighted by Crippen LogP contribution is 2.28. The van der Waals surface area contributed by atoms with Crippen LogP contribution in [0.2, 0.25) is 0 Å². The van der Waals surface area contributed by atoms with Crippen LogP contribution in [0.25, 0.3) is 0 Å². The molecule has 8 nitrogen and oxygen atoms in total. The average molecular weight is 280 g/mol. The summed E-state index contributed by atoms with van der Waals surface area (Å²) in [6.45, 7) is 4.04. The third kappa shape index (κ3) is 4.30. The molecule has 0 radical (unpaired) electrons. The second kappa shape index (κ2) is 7.17. The zero-order valence-corrected chi connectivity index (χ0v) is 11.3. The van der Waals surface area contributed by atoms with E-state index in [0.29, 0.717) is 0 Å². The van der Waals surface area contributed by atoms with Crippen LogP contribution >= 0.6 is 0 Å². The summed E-state index contributed by atoms with van der Waals surface area (Å²) in [5.74, 6) is 0.254. The molecule has 108 valence electrons. The lowest BCUT2D eigenvalue weighted by Gasteiger charge is -2.04. The Morgan fingerprint density at radius 3 is 2.60 bits per heavy atom. The molecule has 0 saturated heterocycles. The van der Waals surface area contributed by atoms with Gasteiger partial charge in [0.05, 0.1) is 15.9 Å². The van der Waals surface area contributed by atoms with Crippen LogP contribution in [0.5, 0.6) is 0 Å². The van der Waals surface area contributed by atoms with Crippen LogP contribution in [-0.4, -0.2) is 16.1 Å². The molecule has 1 unspecified atom stereocenters. The molecule has 0 aliphatic carbocycles. The van der Waals surface area contributed by atoms with Crippen LogP contribution in [-0.2, 0) is 0 Å².